The molecule has 1 unspecified atom stereocenters. The minimum atomic E-state index is -0.312. The van der Waals surface area contributed by atoms with Gasteiger partial charge in [-0.25, -0.2) is 0 Å². The number of pyridine rings is 1. The quantitative estimate of drug-likeness (QED) is 0.782. The van der Waals surface area contributed by atoms with Gasteiger partial charge in [0.1, 0.15) is 11.4 Å². The molecule has 6 nitrogen and oxygen atoms in total. The molecular weight excluding hydrogens is 234 g/mol. The van der Waals surface area contributed by atoms with Crippen LogP contribution in [0.1, 0.15) is 12.1 Å². The van der Waals surface area contributed by atoms with Crippen LogP contribution in [0.15, 0.2) is 18.3 Å². The molecule has 6 heteroatoms. The molecule has 18 heavy (non-hydrogen) atoms. The van der Waals surface area contributed by atoms with Gasteiger partial charge in [-0.2, -0.15) is 0 Å². The maximum Gasteiger partial charge on any atom is 0.225 e. The van der Waals surface area contributed by atoms with Gasteiger partial charge in [-0.15, -0.1) is 0 Å². The molecule has 1 aromatic heterocycles. The van der Waals surface area contributed by atoms with Crippen molar-refractivity contribution in [2.24, 2.45) is 5.92 Å². The molecular formula is C12H15N3O3. The number of hydrogen-bond acceptors (Lipinski definition) is 4. The van der Waals surface area contributed by atoms with Gasteiger partial charge in [0, 0.05) is 26.2 Å². The fourth-order valence-corrected chi connectivity index (χ4v) is 1.92. The summed E-state index contributed by atoms with van der Waals surface area (Å²) in [4.78, 5) is 28.6. The van der Waals surface area contributed by atoms with Crippen LogP contribution in [-0.4, -0.2) is 40.4 Å². The van der Waals surface area contributed by atoms with Crippen LogP contribution < -0.4 is 5.32 Å². The van der Waals surface area contributed by atoms with Gasteiger partial charge in [-0.05, 0) is 12.1 Å². The molecule has 0 bridgehead atoms. The highest BCUT2D eigenvalue weighted by Gasteiger charge is 2.31. The van der Waals surface area contributed by atoms with Crippen LogP contribution in [0.4, 0.5) is 0 Å². The van der Waals surface area contributed by atoms with Crippen LogP contribution in [0, 0.1) is 5.92 Å². The van der Waals surface area contributed by atoms with E-state index in [0.717, 1.165) is 0 Å². The predicted molar refractivity (Wildman–Crippen MR) is 63.5 cm³/mol. The highest BCUT2D eigenvalue weighted by Crippen LogP contribution is 2.17. The number of amides is 2. The van der Waals surface area contributed by atoms with Crippen molar-refractivity contribution >= 4 is 11.8 Å². The number of nitrogens with one attached hydrogen (secondary N) is 1. The second kappa shape index (κ2) is 5.03. The van der Waals surface area contributed by atoms with Gasteiger partial charge in [0.15, 0.2) is 0 Å². The Hall–Kier alpha value is -2.11. The lowest BCUT2D eigenvalue weighted by molar-refractivity contribution is -0.128. The third kappa shape index (κ3) is 2.58. The number of nitrogens with zero attached hydrogens (tertiary/aromatic N) is 2. The Morgan fingerprint density at radius 2 is 2.44 bits per heavy atom. The molecule has 1 aliphatic heterocycles. The van der Waals surface area contributed by atoms with Crippen molar-refractivity contribution in [2.75, 3.05) is 13.6 Å². The van der Waals surface area contributed by atoms with E-state index in [4.69, 9.17) is 0 Å². The smallest absolute Gasteiger partial charge is 0.225 e. The third-order valence-electron chi connectivity index (χ3n) is 3.01. The normalized spacial score (nSPS) is 19.1. The van der Waals surface area contributed by atoms with Crippen LogP contribution >= 0.6 is 0 Å². The molecule has 1 saturated heterocycles. The SMILES string of the molecule is CN1CC(C(=O)NCc2ncccc2O)CC1=O. The summed E-state index contributed by atoms with van der Waals surface area (Å²) in [6, 6.07) is 3.13. The van der Waals surface area contributed by atoms with E-state index in [1.54, 1.807) is 24.2 Å². The van der Waals surface area contributed by atoms with Gasteiger partial charge < -0.3 is 15.3 Å². The first-order valence-corrected chi connectivity index (χ1v) is 5.72. The van der Waals surface area contributed by atoms with E-state index in [1.165, 1.54) is 6.07 Å². The molecule has 0 spiro atoms. The molecule has 1 aliphatic rings. The Bertz CT molecular complexity index is 475. The van der Waals surface area contributed by atoms with E-state index in [1.807, 2.05) is 0 Å². The minimum absolute atomic E-state index is 0.0177. The summed E-state index contributed by atoms with van der Waals surface area (Å²) >= 11 is 0. The summed E-state index contributed by atoms with van der Waals surface area (Å²) in [7, 11) is 1.68. The van der Waals surface area contributed by atoms with Crippen molar-refractivity contribution in [3.63, 3.8) is 0 Å². The summed E-state index contributed by atoms with van der Waals surface area (Å²) in [5.41, 5.74) is 0.420. The molecule has 1 fully saturated rings. The molecule has 0 aromatic carbocycles. The van der Waals surface area contributed by atoms with Gasteiger partial charge in [0.05, 0.1) is 12.5 Å². The number of hydrogen-bond donors (Lipinski definition) is 2. The average molecular weight is 249 g/mol. The Morgan fingerprint density at radius 1 is 1.67 bits per heavy atom. The van der Waals surface area contributed by atoms with Crippen molar-refractivity contribution in [3.8, 4) is 5.75 Å². The van der Waals surface area contributed by atoms with Crippen LogP contribution in [0.5, 0.6) is 5.75 Å². The summed E-state index contributed by atoms with van der Waals surface area (Å²) < 4.78 is 0. The maximum absolute atomic E-state index is 11.8. The zero-order valence-corrected chi connectivity index (χ0v) is 10.1. The Morgan fingerprint density at radius 3 is 3.06 bits per heavy atom. The van der Waals surface area contributed by atoms with Gasteiger partial charge in [-0.1, -0.05) is 0 Å². The number of aromatic nitrogens is 1. The van der Waals surface area contributed by atoms with E-state index < -0.39 is 0 Å². The molecule has 2 heterocycles. The minimum Gasteiger partial charge on any atom is -0.506 e. The van der Waals surface area contributed by atoms with E-state index in [9.17, 15) is 14.7 Å². The van der Waals surface area contributed by atoms with Crippen molar-refractivity contribution in [3.05, 3.63) is 24.0 Å². The zero-order chi connectivity index (χ0) is 13.1. The number of carbonyl (C=O) groups is 2. The number of carbonyl (C=O) groups excluding carboxylic acids is 2. The summed E-state index contributed by atoms with van der Waals surface area (Å²) in [5.74, 6) is -0.459. The van der Waals surface area contributed by atoms with Gasteiger partial charge in [-0.3, -0.25) is 14.6 Å². The van der Waals surface area contributed by atoms with Crippen molar-refractivity contribution in [1.29, 1.82) is 0 Å². The van der Waals surface area contributed by atoms with E-state index >= 15 is 0 Å². The first-order valence-electron chi connectivity index (χ1n) is 5.72. The lowest BCUT2D eigenvalue weighted by Gasteiger charge is -2.11. The van der Waals surface area contributed by atoms with Crippen LogP contribution in [0.3, 0.4) is 0 Å². The molecule has 2 N–H and O–H groups in total. The van der Waals surface area contributed by atoms with Gasteiger partial charge in [0.2, 0.25) is 11.8 Å². The van der Waals surface area contributed by atoms with Gasteiger partial charge in [0.25, 0.3) is 0 Å². The Labute approximate surface area is 105 Å². The fraction of sp³-hybridized carbons (Fsp3) is 0.417. The summed E-state index contributed by atoms with van der Waals surface area (Å²) in [5, 5.41) is 12.2. The number of likely N-dealkylation sites (tertiary alicyclic amines) is 1. The summed E-state index contributed by atoms with van der Waals surface area (Å²) in [6.07, 6.45) is 1.80. The van der Waals surface area contributed by atoms with Gasteiger partial charge >= 0.3 is 0 Å². The lowest BCUT2D eigenvalue weighted by atomic mass is 10.1. The van der Waals surface area contributed by atoms with Crippen molar-refractivity contribution in [2.45, 2.75) is 13.0 Å². The molecule has 2 amide bonds. The standard InChI is InChI=1S/C12H15N3O3/c1-15-7-8(5-11(15)17)12(18)14-6-9-10(16)3-2-4-13-9/h2-4,8,16H,5-7H2,1H3,(H,14,18). The first-order chi connectivity index (χ1) is 8.58. The first kappa shape index (κ1) is 12.3. The largest absolute Gasteiger partial charge is 0.506 e. The zero-order valence-electron chi connectivity index (χ0n) is 10.1. The highest BCUT2D eigenvalue weighted by atomic mass is 16.3. The lowest BCUT2D eigenvalue weighted by Crippen LogP contribution is -2.32. The number of aromatic hydroxyl groups is 1. The van der Waals surface area contributed by atoms with Crippen molar-refractivity contribution < 1.29 is 14.7 Å². The topological polar surface area (TPSA) is 82.5 Å². The molecule has 0 aliphatic carbocycles. The third-order valence-corrected chi connectivity index (χ3v) is 3.01. The van der Waals surface area contributed by atoms with Crippen LogP contribution in [-0.2, 0) is 16.1 Å². The molecule has 0 saturated carbocycles. The summed E-state index contributed by atoms with van der Waals surface area (Å²) in [6.45, 7) is 0.610. The highest BCUT2D eigenvalue weighted by molar-refractivity contribution is 5.89. The maximum atomic E-state index is 11.8. The molecule has 2 rings (SSSR count). The second-order valence-corrected chi connectivity index (χ2v) is 4.36. The molecule has 96 valence electrons. The van der Waals surface area contributed by atoms with E-state index in [0.29, 0.717) is 12.2 Å². The Kier molecular flexibility index (Phi) is 3.45. The van der Waals surface area contributed by atoms with Crippen LogP contribution in [0.25, 0.3) is 0 Å². The number of rotatable bonds is 3. The predicted octanol–water partition coefficient (Wildman–Crippen LogP) is -0.118. The second-order valence-electron chi connectivity index (χ2n) is 4.36. The van der Waals surface area contributed by atoms with Crippen LogP contribution in [0.2, 0.25) is 0 Å². The monoisotopic (exact) mass is 249 g/mol. The van der Waals surface area contributed by atoms with Crippen molar-refractivity contribution in [1.82, 2.24) is 15.2 Å². The molecule has 0 radical (unpaired) electrons. The average Bonchev–Trinajstić information content (AvgIpc) is 2.68. The van der Waals surface area contributed by atoms with E-state index in [-0.39, 0.29) is 36.4 Å². The van der Waals surface area contributed by atoms with E-state index in [2.05, 4.69) is 10.3 Å². The molecule has 1 atom stereocenters. The fourth-order valence-electron chi connectivity index (χ4n) is 1.92. The molecule has 1 aromatic rings. The Balaban J connectivity index is 1.90.